The van der Waals surface area contributed by atoms with Gasteiger partial charge < -0.3 is 14.7 Å². The summed E-state index contributed by atoms with van der Waals surface area (Å²) in [6.07, 6.45) is 0. The van der Waals surface area contributed by atoms with Crippen LogP contribution in [0.15, 0.2) is 158 Å². The first-order valence-electron chi connectivity index (χ1n) is 22.5. The quantitative estimate of drug-likeness (QED) is 0.171. The van der Waals surface area contributed by atoms with E-state index in [2.05, 4.69) is 256 Å². The van der Waals surface area contributed by atoms with Gasteiger partial charge >= 0.3 is 0 Å². The van der Waals surface area contributed by atoms with Gasteiger partial charge in [-0.25, -0.2) is 0 Å². The van der Waals surface area contributed by atoms with Gasteiger partial charge in [0.15, 0.2) is 0 Å². The molecule has 0 spiro atoms. The van der Waals surface area contributed by atoms with Crippen LogP contribution < -0.4 is 14.7 Å². The normalized spacial score (nSPS) is 14.0. The molecule has 3 nitrogen and oxygen atoms in total. The molecule has 62 heavy (non-hydrogen) atoms. The van der Waals surface area contributed by atoms with Gasteiger partial charge in [0, 0.05) is 34.2 Å². The standard InChI is InChI=1S/C59H63N3/c1-56(2,3)39-23-29-45(30-24-39)61-50-33-27-41(58(7,8)9)35-48(50)54-49-36-42(59(10,11)12)28-34-51(49)62(46-31-25-40(26-32-46)57(4,5)6)53-38-47(37-52(61)55(53)54)60(43-19-15-13-16-20-43)44-21-17-14-18-22-44/h13-38,54H,1-12H3. The van der Waals surface area contributed by atoms with E-state index in [1.807, 2.05) is 0 Å². The second kappa shape index (κ2) is 14.8. The predicted octanol–water partition coefficient (Wildman–Crippen LogP) is 17.1. The van der Waals surface area contributed by atoms with E-state index in [0.29, 0.717) is 0 Å². The zero-order valence-electron chi connectivity index (χ0n) is 38.9. The van der Waals surface area contributed by atoms with Gasteiger partial charge in [-0.3, -0.25) is 0 Å². The number of para-hydroxylation sites is 2. The minimum absolute atomic E-state index is 0.000692. The summed E-state index contributed by atoms with van der Waals surface area (Å²) in [6.45, 7) is 27.8. The van der Waals surface area contributed by atoms with E-state index in [1.54, 1.807) is 0 Å². The van der Waals surface area contributed by atoms with Crippen LogP contribution in [-0.4, -0.2) is 0 Å². The van der Waals surface area contributed by atoms with Crippen molar-refractivity contribution in [3.05, 3.63) is 197 Å². The Hall–Kier alpha value is -6.06. The summed E-state index contributed by atoms with van der Waals surface area (Å²) in [4.78, 5) is 7.53. The van der Waals surface area contributed by atoms with Crippen LogP contribution in [0.3, 0.4) is 0 Å². The number of anilines is 9. The second-order valence-electron chi connectivity index (χ2n) is 21.6. The van der Waals surface area contributed by atoms with Crippen molar-refractivity contribution >= 4 is 51.2 Å². The lowest BCUT2D eigenvalue weighted by Gasteiger charge is -2.46. The highest BCUT2D eigenvalue weighted by molar-refractivity contribution is 5.99. The van der Waals surface area contributed by atoms with Gasteiger partial charge in [-0.15, -0.1) is 0 Å². The van der Waals surface area contributed by atoms with E-state index < -0.39 is 0 Å². The summed E-state index contributed by atoms with van der Waals surface area (Å²) in [7, 11) is 0. The molecule has 0 unspecified atom stereocenters. The van der Waals surface area contributed by atoms with Gasteiger partial charge in [-0.05, 0) is 128 Å². The third kappa shape index (κ3) is 7.30. The summed E-state index contributed by atoms with van der Waals surface area (Å²) in [5, 5.41) is 0. The van der Waals surface area contributed by atoms with Crippen LogP contribution >= 0.6 is 0 Å². The van der Waals surface area contributed by atoms with Crippen molar-refractivity contribution in [3.63, 3.8) is 0 Å². The van der Waals surface area contributed by atoms with Crippen molar-refractivity contribution in [1.29, 1.82) is 0 Å². The third-order valence-electron chi connectivity index (χ3n) is 13.1. The number of hydrogen-bond acceptors (Lipinski definition) is 3. The first-order chi connectivity index (χ1) is 29.3. The van der Waals surface area contributed by atoms with Crippen LogP contribution in [0.5, 0.6) is 0 Å². The van der Waals surface area contributed by atoms with E-state index >= 15 is 0 Å². The smallest absolute Gasteiger partial charge is 0.0545 e. The van der Waals surface area contributed by atoms with Gasteiger partial charge in [-0.2, -0.15) is 0 Å². The lowest BCUT2D eigenvalue weighted by atomic mass is 9.72. The molecular formula is C59H63N3. The lowest BCUT2D eigenvalue weighted by Crippen LogP contribution is -2.30. The Labute approximate surface area is 371 Å². The van der Waals surface area contributed by atoms with Gasteiger partial charge in [0.2, 0.25) is 0 Å². The fraction of sp³-hybridized carbons (Fsp3) is 0.288. The highest BCUT2D eigenvalue weighted by Crippen LogP contribution is 2.62. The molecule has 2 aliphatic rings. The molecule has 0 aromatic heterocycles. The van der Waals surface area contributed by atoms with E-state index in [9.17, 15) is 0 Å². The molecule has 0 radical (unpaired) electrons. The Bertz CT molecular complexity index is 2570. The maximum atomic E-state index is 2.56. The fourth-order valence-electron chi connectivity index (χ4n) is 9.43. The van der Waals surface area contributed by atoms with Crippen LogP contribution in [0.4, 0.5) is 51.2 Å². The summed E-state index contributed by atoms with van der Waals surface area (Å²) in [5.74, 6) is 0.000692. The van der Waals surface area contributed by atoms with Crippen molar-refractivity contribution < 1.29 is 0 Å². The van der Waals surface area contributed by atoms with E-state index in [1.165, 1.54) is 61.7 Å². The molecule has 0 bridgehead atoms. The molecule has 3 heteroatoms. The van der Waals surface area contributed by atoms with Gasteiger partial charge in [-0.1, -0.05) is 168 Å². The largest absolute Gasteiger partial charge is 0.310 e. The molecule has 314 valence electrons. The minimum atomic E-state index is -0.0291. The van der Waals surface area contributed by atoms with E-state index in [4.69, 9.17) is 0 Å². The Kier molecular flexibility index (Phi) is 9.86. The Morgan fingerprint density at radius 3 is 1.02 bits per heavy atom. The van der Waals surface area contributed by atoms with Crippen molar-refractivity contribution in [2.45, 2.75) is 111 Å². The molecule has 0 fully saturated rings. The van der Waals surface area contributed by atoms with Crippen molar-refractivity contribution in [2.75, 3.05) is 14.7 Å². The molecule has 7 aromatic rings. The number of hydrogen-bond donors (Lipinski definition) is 0. The predicted molar refractivity (Wildman–Crippen MR) is 266 cm³/mol. The van der Waals surface area contributed by atoms with Crippen LogP contribution in [0.25, 0.3) is 0 Å². The average Bonchev–Trinajstić information content (AvgIpc) is 3.23. The van der Waals surface area contributed by atoms with Gasteiger partial charge in [0.25, 0.3) is 0 Å². The third-order valence-corrected chi connectivity index (χ3v) is 13.1. The summed E-state index contributed by atoms with van der Waals surface area (Å²) in [5.41, 5.74) is 19.8. The Morgan fingerprint density at radius 1 is 0.339 bits per heavy atom. The number of fused-ring (bicyclic) bond motifs is 4. The van der Waals surface area contributed by atoms with Gasteiger partial charge in [0.1, 0.15) is 0 Å². The number of rotatable bonds is 5. The Morgan fingerprint density at radius 2 is 0.677 bits per heavy atom. The monoisotopic (exact) mass is 814 g/mol. The molecule has 2 heterocycles. The van der Waals surface area contributed by atoms with Gasteiger partial charge in [0.05, 0.1) is 28.4 Å². The SMILES string of the molecule is CC(C)(C)c1ccc(N2c3ccc(C(C)(C)C)cc3C3c4cc(C(C)(C)C)ccc4N(c4ccc(C(C)(C)C)cc4)c4cc(N(c5ccccc5)c5ccccc5)cc2c43)cc1. The molecule has 2 aliphatic heterocycles. The lowest BCUT2D eigenvalue weighted by molar-refractivity contribution is 0.587. The number of nitrogens with zero attached hydrogens (tertiary/aromatic N) is 3. The first-order valence-corrected chi connectivity index (χ1v) is 22.5. The second-order valence-corrected chi connectivity index (χ2v) is 21.6. The molecule has 0 N–H and O–H groups in total. The highest BCUT2D eigenvalue weighted by Gasteiger charge is 2.43. The highest BCUT2D eigenvalue weighted by atomic mass is 15.2. The van der Waals surface area contributed by atoms with Crippen molar-refractivity contribution in [3.8, 4) is 0 Å². The van der Waals surface area contributed by atoms with Crippen LogP contribution in [0.2, 0.25) is 0 Å². The van der Waals surface area contributed by atoms with E-state index in [0.717, 1.165) is 28.4 Å². The molecule has 0 saturated heterocycles. The zero-order chi connectivity index (χ0) is 43.9. The molecule has 7 aromatic carbocycles. The topological polar surface area (TPSA) is 9.72 Å². The average molecular weight is 814 g/mol. The van der Waals surface area contributed by atoms with Crippen molar-refractivity contribution in [1.82, 2.24) is 0 Å². The maximum Gasteiger partial charge on any atom is 0.0545 e. The summed E-state index contributed by atoms with van der Waals surface area (Å²) in [6, 6.07) is 59.8. The molecule has 0 aliphatic carbocycles. The fourth-order valence-corrected chi connectivity index (χ4v) is 9.43. The van der Waals surface area contributed by atoms with Crippen LogP contribution in [0, 0.1) is 0 Å². The zero-order valence-corrected chi connectivity index (χ0v) is 38.9. The molecular weight excluding hydrogens is 751 g/mol. The van der Waals surface area contributed by atoms with E-state index in [-0.39, 0.29) is 27.6 Å². The molecule has 0 atom stereocenters. The number of benzene rings is 7. The molecule has 0 saturated carbocycles. The van der Waals surface area contributed by atoms with Crippen LogP contribution in [0.1, 0.15) is 128 Å². The van der Waals surface area contributed by atoms with Crippen LogP contribution in [-0.2, 0) is 21.7 Å². The maximum absolute atomic E-state index is 2.56. The summed E-state index contributed by atoms with van der Waals surface area (Å²) >= 11 is 0. The molecule has 0 amide bonds. The minimum Gasteiger partial charge on any atom is -0.310 e. The van der Waals surface area contributed by atoms with Crippen molar-refractivity contribution in [2.24, 2.45) is 0 Å². The summed E-state index contributed by atoms with van der Waals surface area (Å²) < 4.78 is 0. The first kappa shape index (κ1) is 41.3. The molecule has 9 rings (SSSR count). The Balaban J connectivity index is 1.43.